The molecule has 2 aromatic carbocycles. The zero-order valence-corrected chi connectivity index (χ0v) is 10.3. The van der Waals surface area contributed by atoms with Crippen LogP contribution in [0.25, 0.3) is 6.08 Å². The highest BCUT2D eigenvalue weighted by Crippen LogP contribution is 2.27. The van der Waals surface area contributed by atoms with E-state index in [4.69, 9.17) is 4.74 Å². The van der Waals surface area contributed by atoms with Crippen molar-refractivity contribution in [2.45, 2.75) is 18.9 Å². The minimum Gasteiger partial charge on any atom is -0.486 e. The molecular weight excluding hydrogens is 220 g/mol. The lowest BCUT2D eigenvalue weighted by Gasteiger charge is -2.23. The lowest BCUT2D eigenvalue weighted by atomic mass is 10.0. The van der Waals surface area contributed by atoms with E-state index in [1.165, 1.54) is 11.1 Å². The van der Waals surface area contributed by atoms with Crippen LogP contribution in [0.1, 0.15) is 17.5 Å². The Labute approximate surface area is 108 Å². The van der Waals surface area contributed by atoms with Gasteiger partial charge in [-0.3, -0.25) is 0 Å². The quantitative estimate of drug-likeness (QED) is 0.763. The maximum absolute atomic E-state index is 5.97. The van der Waals surface area contributed by atoms with Crippen LogP contribution in [0.3, 0.4) is 0 Å². The second-order valence-corrected chi connectivity index (χ2v) is 4.57. The van der Waals surface area contributed by atoms with Crippen molar-refractivity contribution in [1.29, 1.82) is 0 Å². The molecule has 1 heterocycles. The molecule has 0 saturated heterocycles. The van der Waals surface area contributed by atoms with E-state index in [0.29, 0.717) is 0 Å². The molecule has 1 heteroatoms. The van der Waals surface area contributed by atoms with Gasteiger partial charge >= 0.3 is 0 Å². The second-order valence-electron chi connectivity index (χ2n) is 4.57. The van der Waals surface area contributed by atoms with Gasteiger partial charge in [-0.25, -0.2) is 0 Å². The smallest absolute Gasteiger partial charge is 0.123 e. The van der Waals surface area contributed by atoms with Gasteiger partial charge in [0, 0.05) is 0 Å². The number of hydrogen-bond acceptors (Lipinski definition) is 1. The second kappa shape index (κ2) is 5.09. The molecule has 1 nitrogen and oxygen atoms in total. The fourth-order valence-electron chi connectivity index (χ4n) is 2.26. The van der Waals surface area contributed by atoms with E-state index in [-0.39, 0.29) is 6.10 Å². The monoisotopic (exact) mass is 236 g/mol. The Hall–Kier alpha value is -2.02. The van der Waals surface area contributed by atoms with Gasteiger partial charge in [-0.15, -0.1) is 0 Å². The van der Waals surface area contributed by atoms with Crippen molar-refractivity contribution in [3.05, 3.63) is 71.8 Å². The Bertz CT molecular complexity index is 543. The van der Waals surface area contributed by atoms with Gasteiger partial charge in [0.25, 0.3) is 0 Å². The first-order chi connectivity index (χ1) is 8.92. The molecule has 2 aromatic rings. The summed E-state index contributed by atoms with van der Waals surface area (Å²) in [5.41, 5.74) is 2.54. The third-order valence-electron chi connectivity index (χ3n) is 3.25. The van der Waals surface area contributed by atoms with Crippen LogP contribution >= 0.6 is 0 Å². The van der Waals surface area contributed by atoms with Gasteiger partial charge in [-0.05, 0) is 36.1 Å². The standard InChI is InChI=1S/C17H16O/c1-2-6-14(7-3-1)10-12-16-13-11-15-8-4-5-9-17(15)18-16/h1-10,12,16H,11,13H2/b12-10+. The van der Waals surface area contributed by atoms with E-state index in [0.717, 1.165) is 18.6 Å². The van der Waals surface area contributed by atoms with Crippen LogP contribution in [0, 0.1) is 0 Å². The van der Waals surface area contributed by atoms with Crippen molar-refractivity contribution in [1.82, 2.24) is 0 Å². The average molecular weight is 236 g/mol. The highest BCUT2D eigenvalue weighted by atomic mass is 16.5. The molecule has 3 rings (SSSR count). The van der Waals surface area contributed by atoms with Gasteiger partial charge in [0.05, 0.1) is 0 Å². The van der Waals surface area contributed by atoms with Crippen molar-refractivity contribution < 1.29 is 4.74 Å². The first kappa shape index (κ1) is 11.1. The Kier molecular flexibility index (Phi) is 3.14. The normalized spacial score (nSPS) is 18.3. The molecule has 0 aliphatic carbocycles. The molecule has 0 bridgehead atoms. The van der Waals surface area contributed by atoms with Crippen LogP contribution in [-0.2, 0) is 6.42 Å². The number of fused-ring (bicyclic) bond motifs is 1. The number of para-hydroxylation sites is 1. The van der Waals surface area contributed by atoms with Gasteiger partial charge < -0.3 is 4.74 Å². The SMILES string of the molecule is C(=C\C1CCc2ccccc2O1)/c1ccccc1. The molecule has 0 amide bonds. The Morgan fingerprint density at radius 2 is 1.72 bits per heavy atom. The summed E-state index contributed by atoms with van der Waals surface area (Å²) in [7, 11) is 0. The molecule has 1 atom stereocenters. The van der Waals surface area contributed by atoms with E-state index >= 15 is 0 Å². The summed E-state index contributed by atoms with van der Waals surface area (Å²) >= 11 is 0. The summed E-state index contributed by atoms with van der Waals surface area (Å²) in [5.74, 6) is 1.03. The Morgan fingerprint density at radius 1 is 0.944 bits per heavy atom. The fraction of sp³-hybridized carbons (Fsp3) is 0.176. The maximum Gasteiger partial charge on any atom is 0.123 e. The highest BCUT2D eigenvalue weighted by Gasteiger charge is 2.16. The molecular formula is C17H16O. The van der Waals surface area contributed by atoms with Gasteiger partial charge in [-0.2, -0.15) is 0 Å². The first-order valence-corrected chi connectivity index (χ1v) is 6.40. The fourth-order valence-corrected chi connectivity index (χ4v) is 2.26. The van der Waals surface area contributed by atoms with E-state index < -0.39 is 0 Å². The molecule has 0 fully saturated rings. The molecule has 0 N–H and O–H groups in total. The largest absolute Gasteiger partial charge is 0.486 e. The van der Waals surface area contributed by atoms with Crippen LogP contribution in [0.5, 0.6) is 5.75 Å². The van der Waals surface area contributed by atoms with Crippen LogP contribution in [-0.4, -0.2) is 6.10 Å². The lowest BCUT2D eigenvalue weighted by molar-refractivity contribution is 0.219. The van der Waals surface area contributed by atoms with Crippen molar-refractivity contribution in [2.24, 2.45) is 0 Å². The predicted molar refractivity (Wildman–Crippen MR) is 74.7 cm³/mol. The van der Waals surface area contributed by atoms with E-state index in [2.05, 4.69) is 54.6 Å². The van der Waals surface area contributed by atoms with Crippen molar-refractivity contribution in [3.63, 3.8) is 0 Å². The molecule has 0 aromatic heterocycles. The third-order valence-corrected chi connectivity index (χ3v) is 3.25. The summed E-state index contributed by atoms with van der Waals surface area (Å²) in [5, 5.41) is 0. The molecule has 18 heavy (non-hydrogen) atoms. The van der Waals surface area contributed by atoms with Gasteiger partial charge in [-0.1, -0.05) is 54.6 Å². The molecule has 1 unspecified atom stereocenters. The Morgan fingerprint density at radius 3 is 2.61 bits per heavy atom. The number of ether oxygens (including phenoxy) is 1. The van der Waals surface area contributed by atoms with E-state index in [1.807, 2.05) is 12.1 Å². The first-order valence-electron chi connectivity index (χ1n) is 6.40. The minimum absolute atomic E-state index is 0.195. The van der Waals surface area contributed by atoms with E-state index in [9.17, 15) is 0 Å². The number of benzene rings is 2. The summed E-state index contributed by atoms with van der Waals surface area (Å²) < 4.78 is 5.97. The zero-order chi connectivity index (χ0) is 12.2. The van der Waals surface area contributed by atoms with E-state index in [1.54, 1.807) is 0 Å². The molecule has 1 aliphatic rings. The zero-order valence-electron chi connectivity index (χ0n) is 10.3. The number of aryl methyl sites for hydroxylation is 1. The molecule has 1 aliphatic heterocycles. The topological polar surface area (TPSA) is 9.23 Å². The van der Waals surface area contributed by atoms with Crippen LogP contribution in [0.15, 0.2) is 60.7 Å². The summed E-state index contributed by atoms with van der Waals surface area (Å²) in [4.78, 5) is 0. The highest BCUT2D eigenvalue weighted by molar-refractivity contribution is 5.49. The van der Waals surface area contributed by atoms with Gasteiger partial charge in [0.1, 0.15) is 11.9 Å². The third kappa shape index (κ3) is 2.45. The molecule has 0 saturated carbocycles. The molecule has 0 spiro atoms. The lowest BCUT2D eigenvalue weighted by Crippen LogP contribution is -2.19. The van der Waals surface area contributed by atoms with Crippen molar-refractivity contribution >= 4 is 6.08 Å². The van der Waals surface area contributed by atoms with Crippen molar-refractivity contribution in [3.8, 4) is 5.75 Å². The van der Waals surface area contributed by atoms with Crippen molar-refractivity contribution in [2.75, 3.05) is 0 Å². The molecule has 0 radical (unpaired) electrons. The maximum atomic E-state index is 5.97. The average Bonchev–Trinajstić information content (AvgIpc) is 2.46. The number of rotatable bonds is 2. The predicted octanol–water partition coefficient (Wildman–Crippen LogP) is 4.09. The van der Waals surface area contributed by atoms with Crippen LogP contribution in [0.2, 0.25) is 0 Å². The summed E-state index contributed by atoms with van der Waals surface area (Å²) in [6, 6.07) is 18.6. The summed E-state index contributed by atoms with van der Waals surface area (Å²) in [6.07, 6.45) is 6.64. The minimum atomic E-state index is 0.195. The van der Waals surface area contributed by atoms with Gasteiger partial charge in [0.15, 0.2) is 0 Å². The summed E-state index contributed by atoms with van der Waals surface area (Å²) in [6.45, 7) is 0. The van der Waals surface area contributed by atoms with Gasteiger partial charge in [0.2, 0.25) is 0 Å². The van der Waals surface area contributed by atoms with Crippen LogP contribution in [0.4, 0.5) is 0 Å². The Balaban J connectivity index is 1.72. The molecule has 90 valence electrons. The van der Waals surface area contributed by atoms with Crippen LogP contribution < -0.4 is 4.74 Å². The number of hydrogen-bond donors (Lipinski definition) is 0.